The van der Waals surface area contributed by atoms with Gasteiger partial charge >= 0.3 is 6.09 Å². The molecule has 0 saturated carbocycles. The molecule has 162 valence electrons. The highest BCUT2D eigenvalue weighted by Crippen LogP contribution is 2.12. The number of nitrogens with one attached hydrogen (secondary N) is 2. The second-order valence-corrected chi connectivity index (χ2v) is 9.13. The van der Waals surface area contributed by atoms with E-state index in [-0.39, 0.29) is 29.7 Å². The Bertz CT molecular complexity index is 424. The minimum absolute atomic E-state index is 0.0313. The van der Waals surface area contributed by atoms with Crippen molar-refractivity contribution < 1.29 is 19.1 Å². The van der Waals surface area contributed by atoms with Crippen LogP contribution in [0.3, 0.4) is 0 Å². The predicted molar refractivity (Wildman–Crippen MR) is 111 cm³/mol. The molecule has 0 aliphatic heterocycles. The first-order chi connectivity index (χ1) is 12.1. The summed E-state index contributed by atoms with van der Waals surface area (Å²) >= 11 is 0. The van der Waals surface area contributed by atoms with Gasteiger partial charge in [0.1, 0.15) is 5.60 Å². The molecule has 0 aliphatic carbocycles. The van der Waals surface area contributed by atoms with Crippen LogP contribution in [0.25, 0.3) is 0 Å². The molecule has 0 saturated heterocycles. The zero-order valence-corrected chi connectivity index (χ0v) is 19.0. The van der Waals surface area contributed by atoms with Crippen LogP contribution in [0.2, 0.25) is 0 Å². The number of hydrogen-bond acceptors (Lipinski definition) is 5. The van der Waals surface area contributed by atoms with Gasteiger partial charge in [-0.05, 0) is 68.2 Å². The normalized spacial score (nSPS) is 11.9. The van der Waals surface area contributed by atoms with Crippen molar-refractivity contribution in [2.75, 3.05) is 19.7 Å². The quantitative estimate of drug-likeness (QED) is 0.552. The van der Waals surface area contributed by atoms with Crippen molar-refractivity contribution >= 4 is 12.0 Å². The van der Waals surface area contributed by atoms with Gasteiger partial charge in [-0.25, -0.2) is 4.79 Å². The average Bonchev–Trinajstić information content (AvgIpc) is 2.44. The Balaban J connectivity index is 0. The van der Waals surface area contributed by atoms with E-state index in [1.165, 1.54) is 0 Å². The van der Waals surface area contributed by atoms with Crippen molar-refractivity contribution in [3.63, 3.8) is 0 Å². The van der Waals surface area contributed by atoms with Crippen molar-refractivity contribution in [1.82, 2.24) is 10.6 Å². The molecule has 0 aliphatic rings. The molecule has 0 aromatic rings. The van der Waals surface area contributed by atoms with Crippen LogP contribution in [0.1, 0.15) is 81.6 Å². The number of carbonyl (C=O) groups excluding carboxylic acids is 2. The van der Waals surface area contributed by atoms with Crippen molar-refractivity contribution in [2.45, 2.75) is 98.3 Å². The molecule has 0 heterocycles. The highest BCUT2D eigenvalue weighted by Gasteiger charge is 2.21. The first kappa shape index (κ1) is 27.9. The largest absolute Gasteiger partial charge is 0.444 e. The fourth-order valence-electron chi connectivity index (χ4n) is 1.78. The number of hydrogen-bond donors (Lipinski definition) is 3. The molecular formula is C20H43N3O4. The minimum Gasteiger partial charge on any atom is -0.444 e. The van der Waals surface area contributed by atoms with Crippen LogP contribution in [0, 0.1) is 0 Å². The molecule has 0 aromatic carbocycles. The van der Waals surface area contributed by atoms with E-state index in [1.807, 2.05) is 55.4 Å². The highest BCUT2D eigenvalue weighted by molar-refractivity contribution is 5.78. The maximum atomic E-state index is 11.1. The van der Waals surface area contributed by atoms with Crippen LogP contribution in [-0.2, 0) is 14.3 Å². The summed E-state index contributed by atoms with van der Waals surface area (Å²) in [6, 6.07) is 0. The third kappa shape index (κ3) is 22.6. The van der Waals surface area contributed by atoms with Gasteiger partial charge in [0.2, 0.25) is 5.91 Å². The first-order valence-corrected chi connectivity index (χ1v) is 9.74. The van der Waals surface area contributed by atoms with E-state index >= 15 is 0 Å². The molecule has 2 amide bonds. The number of rotatable bonds is 8. The van der Waals surface area contributed by atoms with Gasteiger partial charge in [0, 0.05) is 18.7 Å². The molecule has 0 unspecified atom stereocenters. The molecule has 4 N–H and O–H groups in total. The van der Waals surface area contributed by atoms with Crippen molar-refractivity contribution in [3.8, 4) is 0 Å². The first-order valence-electron chi connectivity index (χ1n) is 9.74. The fraction of sp³-hybridized carbons (Fsp3) is 0.900. The topological polar surface area (TPSA) is 103 Å². The van der Waals surface area contributed by atoms with Crippen molar-refractivity contribution in [1.29, 1.82) is 0 Å². The Morgan fingerprint density at radius 2 is 1.52 bits per heavy atom. The molecule has 0 spiro atoms. The van der Waals surface area contributed by atoms with Crippen LogP contribution in [0.5, 0.6) is 0 Å². The molecule has 0 radical (unpaired) electrons. The summed E-state index contributed by atoms with van der Waals surface area (Å²) in [5, 5.41) is 5.53. The number of amides is 2. The van der Waals surface area contributed by atoms with Crippen LogP contribution in [0.4, 0.5) is 4.79 Å². The van der Waals surface area contributed by atoms with Gasteiger partial charge in [-0.3, -0.25) is 4.79 Å². The maximum Gasteiger partial charge on any atom is 0.407 e. The molecule has 0 aromatic heterocycles. The number of alkyl carbamates (subject to hydrolysis) is 1. The summed E-state index contributed by atoms with van der Waals surface area (Å²) in [5.41, 5.74) is 4.45. The van der Waals surface area contributed by atoms with Crippen LogP contribution in [0.15, 0.2) is 0 Å². The summed E-state index contributed by atoms with van der Waals surface area (Å²) in [5.74, 6) is -0.129. The smallest absolute Gasteiger partial charge is 0.407 e. The summed E-state index contributed by atoms with van der Waals surface area (Å²) in [6.45, 7) is 19.0. The zero-order valence-electron chi connectivity index (χ0n) is 19.0. The van der Waals surface area contributed by atoms with Gasteiger partial charge in [-0.1, -0.05) is 13.3 Å². The van der Waals surface area contributed by atoms with Crippen molar-refractivity contribution in [3.05, 3.63) is 0 Å². The Morgan fingerprint density at radius 3 is 1.93 bits per heavy atom. The molecule has 27 heavy (non-hydrogen) atoms. The lowest BCUT2D eigenvalue weighted by Crippen LogP contribution is -2.47. The predicted octanol–water partition coefficient (Wildman–Crippen LogP) is 3.36. The summed E-state index contributed by atoms with van der Waals surface area (Å²) in [6.07, 6.45) is 2.53. The van der Waals surface area contributed by atoms with Crippen LogP contribution in [-0.4, -0.2) is 48.4 Å². The molecule has 0 atom stereocenters. The minimum atomic E-state index is -0.393. The van der Waals surface area contributed by atoms with Gasteiger partial charge in [0.15, 0.2) is 0 Å². The van der Waals surface area contributed by atoms with E-state index < -0.39 is 5.60 Å². The monoisotopic (exact) mass is 389 g/mol. The lowest BCUT2D eigenvalue weighted by atomic mass is 10.0. The van der Waals surface area contributed by atoms with Gasteiger partial charge in [0.05, 0.1) is 12.1 Å². The third-order valence-corrected chi connectivity index (χ3v) is 3.12. The Labute approximate surface area is 166 Å². The zero-order chi connectivity index (χ0) is 21.7. The molecule has 0 rings (SSSR count). The average molecular weight is 390 g/mol. The van der Waals surface area contributed by atoms with E-state index in [9.17, 15) is 9.59 Å². The van der Waals surface area contributed by atoms with E-state index in [0.29, 0.717) is 13.2 Å². The Morgan fingerprint density at radius 1 is 0.963 bits per heavy atom. The van der Waals surface area contributed by atoms with Crippen molar-refractivity contribution in [2.24, 2.45) is 5.73 Å². The van der Waals surface area contributed by atoms with Gasteiger partial charge in [-0.2, -0.15) is 0 Å². The number of ether oxygens (including phenoxy) is 2. The number of unbranched alkanes of at least 4 members (excludes halogenated alkanes) is 1. The maximum absolute atomic E-state index is 11.1. The van der Waals surface area contributed by atoms with Crippen LogP contribution >= 0.6 is 0 Å². The lowest BCUT2D eigenvalue weighted by Gasteiger charge is -2.28. The molecule has 7 nitrogen and oxygen atoms in total. The second kappa shape index (κ2) is 12.9. The molecule has 0 fully saturated rings. The molecule has 7 heteroatoms. The van der Waals surface area contributed by atoms with E-state index in [2.05, 4.69) is 17.6 Å². The van der Waals surface area contributed by atoms with Gasteiger partial charge in [0.25, 0.3) is 0 Å². The second-order valence-electron chi connectivity index (χ2n) is 9.13. The van der Waals surface area contributed by atoms with E-state index in [4.69, 9.17) is 15.2 Å². The Hall–Kier alpha value is -1.34. The summed E-state index contributed by atoms with van der Waals surface area (Å²) in [4.78, 5) is 22.1. The summed E-state index contributed by atoms with van der Waals surface area (Å²) < 4.78 is 10.6. The molecular weight excluding hydrogens is 346 g/mol. The number of nitrogens with two attached hydrogens (primary N) is 1. The lowest BCUT2D eigenvalue weighted by molar-refractivity contribution is -0.121. The van der Waals surface area contributed by atoms with E-state index in [0.717, 1.165) is 19.3 Å². The molecule has 0 bridgehead atoms. The third-order valence-electron chi connectivity index (χ3n) is 3.12. The van der Waals surface area contributed by atoms with Gasteiger partial charge < -0.3 is 25.8 Å². The SMILES string of the molecule is CC(C)(CCOC(C)(C)C)NC(=O)CN.CCCCNC(=O)OC(C)(C)C. The number of carbonyl (C=O) groups is 2. The van der Waals surface area contributed by atoms with Gasteiger partial charge in [-0.15, -0.1) is 0 Å². The fourth-order valence-corrected chi connectivity index (χ4v) is 1.78. The Kier molecular flexibility index (Phi) is 13.4. The van der Waals surface area contributed by atoms with Crippen LogP contribution < -0.4 is 16.4 Å². The highest BCUT2D eigenvalue weighted by atomic mass is 16.6. The summed E-state index contributed by atoms with van der Waals surface area (Å²) in [7, 11) is 0. The standard InChI is InChI=1S/C11H24N2O2.C9H19NO2/c1-10(2,3)15-7-6-11(4,5)13-9(14)8-12;1-5-6-7-10-8(11)12-9(2,3)4/h6-8,12H2,1-5H3,(H,13,14);5-7H2,1-4H3,(H,10,11). The van der Waals surface area contributed by atoms with E-state index in [1.54, 1.807) is 0 Å².